The van der Waals surface area contributed by atoms with E-state index in [-0.39, 0.29) is 11.6 Å². The fraction of sp³-hybridized carbons (Fsp3) is 0.167. The second-order valence-electron chi connectivity index (χ2n) is 4.27. The quantitative estimate of drug-likeness (QED) is 0.775. The van der Waals surface area contributed by atoms with Gasteiger partial charge in [-0.2, -0.15) is 10.2 Å². The molecule has 0 aromatic carbocycles. The van der Waals surface area contributed by atoms with Gasteiger partial charge in [-0.15, -0.1) is 0 Å². The molecule has 20 heavy (non-hydrogen) atoms. The highest BCUT2D eigenvalue weighted by atomic mass is 79.9. The summed E-state index contributed by atoms with van der Waals surface area (Å²) >= 11 is 3.36. The number of hydrogen-bond acceptors (Lipinski definition) is 4. The van der Waals surface area contributed by atoms with Crippen molar-refractivity contribution >= 4 is 33.2 Å². The van der Waals surface area contributed by atoms with Crippen LogP contribution in [0.1, 0.15) is 16.2 Å². The fourth-order valence-electron chi connectivity index (χ4n) is 1.81. The molecule has 0 atom stereocenters. The zero-order valence-electron chi connectivity index (χ0n) is 10.8. The van der Waals surface area contributed by atoms with Crippen LogP contribution in [-0.4, -0.2) is 30.3 Å². The molecular weight excluding hydrogens is 324 g/mol. The lowest BCUT2D eigenvalue weighted by atomic mass is 10.3. The van der Waals surface area contributed by atoms with Crippen LogP contribution in [0.2, 0.25) is 0 Å². The fourth-order valence-corrected chi connectivity index (χ4v) is 2.35. The maximum absolute atomic E-state index is 12.3. The van der Waals surface area contributed by atoms with Crippen LogP contribution in [0.5, 0.6) is 0 Å². The van der Waals surface area contributed by atoms with Crippen molar-refractivity contribution in [3.8, 4) is 0 Å². The highest BCUT2D eigenvalue weighted by Gasteiger charge is 2.19. The lowest BCUT2D eigenvalue weighted by molar-refractivity contribution is 0.102. The maximum Gasteiger partial charge on any atom is 0.277 e. The Balaban J connectivity index is 1.97. The van der Waals surface area contributed by atoms with Crippen molar-refractivity contribution in [2.45, 2.75) is 6.92 Å². The maximum atomic E-state index is 12.3. The molecule has 0 saturated carbocycles. The summed E-state index contributed by atoms with van der Waals surface area (Å²) in [5.41, 5.74) is 2.42. The second-order valence-corrected chi connectivity index (χ2v) is 5.06. The van der Waals surface area contributed by atoms with E-state index in [0.717, 1.165) is 5.69 Å². The number of carbonyl (C=O) groups excluding carboxylic acids is 1. The van der Waals surface area contributed by atoms with Gasteiger partial charge in [-0.05, 0) is 28.9 Å². The summed E-state index contributed by atoms with van der Waals surface area (Å²) in [6.07, 6.45) is 4.99. The molecule has 3 heterocycles. The van der Waals surface area contributed by atoms with E-state index in [0.29, 0.717) is 15.8 Å². The molecule has 7 nitrogen and oxygen atoms in total. The number of amides is 1. The molecule has 0 fully saturated rings. The lowest BCUT2D eigenvalue weighted by Crippen LogP contribution is -2.13. The summed E-state index contributed by atoms with van der Waals surface area (Å²) in [5, 5.41) is 11.1. The van der Waals surface area contributed by atoms with Crippen LogP contribution in [0.3, 0.4) is 0 Å². The van der Waals surface area contributed by atoms with Gasteiger partial charge in [0, 0.05) is 19.4 Å². The molecule has 102 valence electrons. The number of aryl methyl sites for hydroxylation is 1. The predicted octanol–water partition coefficient (Wildman–Crippen LogP) is 1.79. The molecule has 3 aromatic rings. The van der Waals surface area contributed by atoms with Crippen molar-refractivity contribution in [3.05, 3.63) is 40.5 Å². The number of aromatic nitrogens is 5. The summed E-state index contributed by atoms with van der Waals surface area (Å²) in [6.45, 7) is 1.88. The molecule has 0 aliphatic carbocycles. The Morgan fingerprint density at radius 2 is 2.25 bits per heavy atom. The van der Waals surface area contributed by atoms with Crippen LogP contribution < -0.4 is 5.32 Å². The number of halogens is 1. The van der Waals surface area contributed by atoms with Gasteiger partial charge in [0.25, 0.3) is 5.91 Å². The molecular formula is C12H11BrN6O. The number of anilines is 1. The van der Waals surface area contributed by atoms with Gasteiger partial charge in [-0.25, -0.2) is 9.50 Å². The third kappa shape index (κ3) is 1.97. The minimum absolute atomic E-state index is 0.284. The minimum Gasteiger partial charge on any atom is -0.318 e. The Labute approximate surface area is 122 Å². The monoisotopic (exact) mass is 334 g/mol. The van der Waals surface area contributed by atoms with Crippen molar-refractivity contribution in [2.24, 2.45) is 7.05 Å². The summed E-state index contributed by atoms with van der Waals surface area (Å²) in [4.78, 5) is 16.5. The molecule has 0 unspecified atom stereocenters. The van der Waals surface area contributed by atoms with E-state index in [1.54, 1.807) is 33.9 Å². The molecule has 0 spiro atoms. The summed E-state index contributed by atoms with van der Waals surface area (Å²) in [7, 11) is 1.82. The van der Waals surface area contributed by atoms with Gasteiger partial charge >= 0.3 is 0 Å². The SMILES string of the molecule is Cc1c(NC(=O)c2nn3cccnc3c2Br)cnn1C. The van der Waals surface area contributed by atoms with Crippen molar-refractivity contribution in [3.63, 3.8) is 0 Å². The van der Waals surface area contributed by atoms with Gasteiger partial charge in [0.1, 0.15) is 0 Å². The summed E-state index contributed by atoms with van der Waals surface area (Å²) < 4.78 is 3.81. The smallest absolute Gasteiger partial charge is 0.277 e. The molecule has 0 bridgehead atoms. The highest BCUT2D eigenvalue weighted by Crippen LogP contribution is 2.22. The standard InChI is InChI=1S/C12H11BrN6O/c1-7-8(6-15-18(7)2)16-12(20)10-9(13)11-14-4-3-5-19(11)17-10/h3-6H,1-2H3,(H,16,20). The van der Waals surface area contributed by atoms with E-state index in [2.05, 4.69) is 36.4 Å². The second kappa shape index (κ2) is 4.71. The van der Waals surface area contributed by atoms with Gasteiger partial charge < -0.3 is 5.32 Å². The molecule has 1 N–H and O–H groups in total. The number of nitrogens with zero attached hydrogens (tertiary/aromatic N) is 5. The zero-order chi connectivity index (χ0) is 14.3. The molecule has 0 saturated heterocycles. The van der Waals surface area contributed by atoms with Crippen LogP contribution in [0.4, 0.5) is 5.69 Å². The van der Waals surface area contributed by atoms with Gasteiger partial charge in [0.2, 0.25) is 0 Å². The molecule has 0 aliphatic heterocycles. The van der Waals surface area contributed by atoms with Crippen molar-refractivity contribution in [2.75, 3.05) is 5.32 Å². The van der Waals surface area contributed by atoms with Gasteiger partial charge in [-0.1, -0.05) is 0 Å². The first-order valence-electron chi connectivity index (χ1n) is 5.86. The van der Waals surface area contributed by atoms with Crippen LogP contribution in [0, 0.1) is 6.92 Å². The van der Waals surface area contributed by atoms with Crippen molar-refractivity contribution in [1.29, 1.82) is 0 Å². The third-order valence-corrected chi connectivity index (χ3v) is 3.77. The van der Waals surface area contributed by atoms with E-state index in [4.69, 9.17) is 0 Å². The number of fused-ring (bicyclic) bond motifs is 1. The lowest BCUT2D eigenvalue weighted by Gasteiger charge is -2.02. The van der Waals surface area contributed by atoms with Gasteiger partial charge in [0.15, 0.2) is 11.3 Å². The highest BCUT2D eigenvalue weighted by molar-refractivity contribution is 9.10. The normalized spacial score (nSPS) is 10.9. The van der Waals surface area contributed by atoms with Crippen molar-refractivity contribution in [1.82, 2.24) is 24.4 Å². The molecule has 3 rings (SSSR count). The number of carbonyl (C=O) groups is 1. The molecule has 1 amide bonds. The van der Waals surface area contributed by atoms with E-state index in [1.807, 2.05) is 14.0 Å². The number of hydrogen-bond donors (Lipinski definition) is 1. The Hall–Kier alpha value is -2.22. The van der Waals surface area contributed by atoms with E-state index >= 15 is 0 Å². The Kier molecular flexibility index (Phi) is 3.01. The number of nitrogens with one attached hydrogen (secondary N) is 1. The topological polar surface area (TPSA) is 77.1 Å². The molecule has 3 aromatic heterocycles. The Morgan fingerprint density at radius 1 is 1.45 bits per heavy atom. The van der Waals surface area contributed by atoms with E-state index < -0.39 is 0 Å². The third-order valence-electron chi connectivity index (χ3n) is 3.04. The van der Waals surface area contributed by atoms with E-state index in [1.165, 1.54) is 0 Å². The van der Waals surface area contributed by atoms with Crippen LogP contribution in [0.25, 0.3) is 5.65 Å². The number of rotatable bonds is 2. The van der Waals surface area contributed by atoms with Crippen LogP contribution >= 0.6 is 15.9 Å². The van der Waals surface area contributed by atoms with Crippen LogP contribution in [0.15, 0.2) is 29.1 Å². The Morgan fingerprint density at radius 3 is 2.90 bits per heavy atom. The van der Waals surface area contributed by atoms with Crippen molar-refractivity contribution < 1.29 is 4.79 Å². The zero-order valence-corrected chi connectivity index (χ0v) is 12.4. The molecule has 0 aliphatic rings. The largest absolute Gasteiger partial charge is 0.318 e. The average molecular weight is 335 g/mol. The first-order chi connectivity index (χ1) is 9.58. The Bertz CT molecular complexity index is 805. The van der Waals surface area contributed by atoms with E-state index in [9.17, 15) is 4.79 Å². The predicted molar refractivity (Wildman–Crippen MR) is 76.6 cm³/mol. The van der Waals surface area contributed by atoms with Crippen LogP contribution in [-0.2, 0) is 7.05 Å². The first-order valence-corrected chi connectivity index (χ1v) is 6.66. The minimum atomic E-state index is -0.307. The summed E-state index contributed by atoms with van der Waals surface area (Å²) in [6, 6.07) is 1.75. The average Bonchev–Trinajstić information content (AvgIpc) is 2.94. The molecule has 8 heteroatoms. The van der Waals surface area contributed by atoms with Gasteiger partial charge in [-0.3, -0.25) is 9.48 Å². The first kappa shape index (κ1) is 12.8. The molecule has 0 radical (unpaired) electrons. The summed E-state index contributed by atoms with van der Waals surface area (Å²) in [5.74, 6) is -0.307. The van der Waals surface area contributed by atoms with Gasteiger partial charge in [0.05, 0.1) is 22.1 Å².